The molecule has 0 heterocycles. The fourth-order valence-corrected chi connectivity index (χ4v) is 1.92. The van der Waals surface area contributed by atoms with Crippen LogP contribution in [-0.4, -0.2) is 11.0 Å². The second-order valence-electron chi connectivity index (χ2n) is 4.87. The second kappa shape index (κ2) is 7.66. The molecule has 1 amide bonds. The molecule has 0 aromatic heterocycles. The molecule has 0 radical (unpaired) electrons. The van der Waals surface area contributed by atoms with Crippen molar-refractivity contribution in [3.63, 3.8) is 0 Å². The van der Waals surface area contributed by atoms with Crippen molar-refractivity contribution >= 4 is 17.3 Å². The van der Waals surface area contributed by atoms with Gasteiger partial charge in [0, 0.05) is 23.6 Å². The molecule has 0 saturated heterocycles. The lowest BCUT2D eigenvalue weighted by Gasteiger charge is -2.06. The van der Waals surface area contributed by atoms with Crippen LogP contribution in [-0.2, 0) is 11.2 Å². The van der Waals surface area contributed by atoms with Crippen molar-refractivity contribution in [2.45, 2.75) is 13.3 Å². The van der Waals surface area contributed by atoms with E-state index in [9.17, 15) is 9.90 Å². The molecule has 5 nitrogen and oxygen atoms in total. The van der Waals surface area contributed by atoms with Gasteiger partial charge in [-0.3, -0.25) is 4.79 Å². The Bertz CT molecular complexity index is 759. The normalized spacial score (nSPS) is 10.7. The van der Waals surface area contributed by atoms with E-state index in [1.165, 1.54) is 23.9 Å². The van der Waals surface area contributed by atoms with E-state index >= 15 is 0 Å². The number of aryl methyl sites for hydroxylation is 1. The van der Waals surface area contributed by atoms with Gasteiger partial charge in [0.15, 0.2) is 0 Å². The fourth-order valence-electron chi connectivity index (χ4n) is 1.92. The summed E-state index contributed by atoms with van der Waals surface area (Å²) in [6.07, 6.45) is 2.31. The number of carbonyl (C=O) groups excluding carboxylic acids is 1. The summed E-state index contributed by atoms with van der Waals surface area (Å²) in [7, 11) is 0. The largest absolute Gasteiger partial charge is 0.508 e. The van der Waals surface area contributed by atoms with Crippen LogP contribution in [0.2, 0.25) is 0 Å². The summed E-state index contributed by atoms with van der Waals surface area (Å²) in [6, 6.07) is 15.7. The standard InChI is InChI=1S/C18H17N3O2/c1-2-13-6-8-15(9-7-13)20-12-14(11-19)18(23)21-16-4-3-5-17(22)10-16/h3-10,12,20,22H,2H2,1H3,(H,21,23)/b14-12-. The molecule has 0 aliphatic heterocycles. The van der Waals surface area contributed by atoms with Gasteiger partial charge in [-0.1, -0.05) is 25.1 Å². The number of phenols is 1. The van der Waals surface area contributed by atoms with Crippen LogP contribution >= 0.6 is 0 Å². The zero-order valence-corrected chi connectivity index (χ0v) is 12.7. The number of amides is 1. The third-order valence-corrected chi connectivity index (χ3v) is 3.21. The van der Waals surface area contributed by atoms with Crippen molar-refractivity contribution in [1.29, 1.82) is 5.26 Å². The van der Waals surface area contributed by atoms with E-state index in [-0.39, 0.29) is 11.3 Å². The number of phenolic OH excluding ortho intramolecular Hbond substituents is 1. The SMILES string of the molecule is CCc1ccc(N/C=C(/C#N)C(=O)Nc2cccc(O)c2)cc1. The minimum atomic E-state index is -0.546. The smallest absolute Gasteiger partial charge is 0.267 e. The van der Waals surface area contributed by atoms with Crippen LogP contribution in [0.3, 0.4) is 0 Å². The van der Waals surface area contributed by atoms with Gasteiger partial charge < -0.3 is 15.7 Å². The Morgan fingerprint density at radius 3 is 2.57 bits per heavy atom. The number of hydrogen-bond acceptors (Lipinski definition) is 4. The maximum atomic E-state index is 12.1. The number of nitrogens with zero attached hydrogens (tertiary/aromatic N) is 1. The number of benzene rings is 2. The number of hydrogen-bond donors (Lipinski definition) is 3. The molecule has 23 heavy (non-hydrogen) atoms. The fraction of sp³-hybridized carbons (Fsp3) is 0.111. The summed E-state index contributed by atoms with van der Waals surface area (Å²) < 4.78 is 0. The van der Waals surface area contributed by atoms with Crippen LogP contribution in [0.5, 0.6) is 5.75 Å². The monoisotopic (exact) mass is 307 g/mol. The summed E-state index contributed by atoms with van der Waals surface area (Å²) in [6.45, 7) is 2.07. The van der Waals surface area contributed by atoms with Crippen molar-refractivity contribution in [2.75, 3.05) is 10.6 Å². The highest BCUT2D eigenvalue weighted by Gasteiger charge is 2.09. The van der Waals surface area contributed by atoms with Gasteiger partial charge >= 0.3 is 0 Å². The average Bonchev–Trinajstić information content (AvgIpc) is 2.56. The molecule has 116 valence electrons. The molecule has 3 N–H and O–H groups in total. The highest BCUT2D eigenvalue weighted by Crippen LogP contribution is 2.16. The highest BCUT2D eigenvalue weighted by molar-refractivity contribution is 6.06. The van der Waals surface area contributed by atoms with Gasteiger partial charge in [-0.2, -0.15) is 5.26 Å². The third-order valence-electron chi connectivity index (χ3n) is 3.21. The Kier molecular flexibility index (Phi) is 5.37. The van der Waals surface area contributed by atoms with Crippen molar-refractivity contribution in [3.05, 3.63) is 65.9 Å². The van der Waals surface area contributed by atoms with E-state index in [1.54, 1.807) is 12.1 Å². The Balaban J connectivity index is 2.05. The summed E-state index contributed by atoms with van der Waals surface area (Å²) in [4.78, 5) is 12.1. The number of aromatic hydroxyl groups is 1. The maximum absolute atomic E-state index is 12.1. The van der Waals surface area contributed by atoms with Crippen LogP contribution < -0.4 is 10.6 Å². The first-order valence-corrected chi connectivity index (χ1v) is 7.18. The molecule has 0 atom stereocenters. The molecule has 2 aromatic rings. The maximum Gasteiger partial charge on any atom is 0.267 e. The van der Waals surface area contributed by atoms with Crippen molar-refractivity contribution in [1.82, 2.24) is 0 Å². The third kappa shape index (κ3) is 4.61. The predicted molar refractivity (Wildman–Crippen MR) is 89.9 cm³/mol. The number of rotatable bonds is 5. The molecule has 2 rings (SSSR count). The second-order valence-corrected chi connectivity index (χ2v) is 4.87. The highest BCUT2D eigenvalue weighted by atomic mass is 16.3. The number of nitrogens with one attached hydrogen (secondary N) is 2. The lowest BCUT2D eigenvalue weighted by molar-refractivity contribution is -0.112. The molecule has 0 fully saturated rings. The van der Waals surface area contributed by atoms with Gasteiger partial charge in [-0.25, -0.2) is 0 Å². The van der Waals surface area contributed by atoms with Gasteiger partial charge in [-0.15, -0.1) is 0 Å². The summed E-state index contributed by atoms with van der Waals surface area (Å²) in [5, 5.41) is 24.0. The van der Waals surface area contributed by atoms with E-state index in [4.69, 9.17) is 5.26 Å². The average molecular weight is 307 g/mol. The molecule has 0 bridgehead atoms. The Hall–Kier alpha value is -3.26. The Morgan fingerprint density at radius 2 is 1.96 bits per heavy atom. The predicted octanol–water partition coefficient (Wildman–Crippen LogP) is 3.41. The zero-order valence-electron chi connectivity index (χ0n) is 12.7. The van der Waals surface area contributed by atoms with Crippen LogP contribution in [0.25, 0.3) is 0 Å². The molecular formula is C18H17N3O2. The molecule has 0 aliphatic rings. The molecule has 0 saturated carbocycles. The minimum Gasteiger partial charge on any atom is -0.508 e. The van der Waals surface area contributed by atoms with E-state index in [2.05, 4.69) is 17.6 Å². The molecule has 2 aromatic carbocycles. The Labute approximate surface area is 134 Å². The van der Waals surface area contributed by atoms with Crippen LogP contribution in [0.4, 0.5) is 11.4 Å². The molecule has 0 spiro atoms. The molecular weight excluding hydrogens is 290 g/mol. The number of carbonyl (C=O) groups is 1. The van der Waals surface area contributed by atoms with Crippen molar-refractivity contribution in [3.8, 4) is 11.8 Å². The first-order chi connectivity index (χ1) is 11.1. The first-order valence-electron chi connectivity index (χ1n) is 7.18. The van der Waals surface area contributed by atoms with E-state index in [0.29, 0.717) is 5.69 Å². The lowest BCUT2D eigenvalue weighted by Crippen LogP contribution is -2.14. The Morgan fingerprint density at radius 1 is 1.22 bits per heavy atom. The molecule has 0 unspecified atom stereocenters. The van der Waals surface area contributed by atoms with Gasteiger partial charge in [0.05, 0.1) is 0 Å². The summed E-state index contributed by atoms with van der Waals surface area (Å²) in [5.74, 6) is -0.504. The quantitative estimate of drug-likeness (QED) is 0.583. The van der Waals surface area contributed by atoms with Crippen molar-refractivity contribution in [2.24, 2.45) is 0 Å². The number of nitriles is 1. The van der Waals surface area contributed by atoms with Crippen LogP contribution in [0.15, 0.2) is 60.3 Å². The van der Waals surface area contributed by atoms with Gasteiger partial charge in [0.2, 0.25) is 0 Å². The van der Waals surface area contributed by atoms with Crippen LogP contribution in [0, 0.1) is 11.3 Å². The van der Waals surface area contributed by atoms with E-state index in [1.807, 2.05) is 30.3 Å². The van der Waals surface area contributed by atoms with Gasteiger partial charge in [0.25, 0.3) is 5.91 Å². The van der Waals surface area contributed by atoms with Crippen LogP contribution in [0.1, 0.15) is 12.5 Å². The topological polar surface area (TPSA) is 85.2 Å². The summed E-state index contributed by atoms with van der Waals surface area (Å²) >= 11 is 0. The van der Waals surface area contributed by atoms with E-state index in [0.717, 1.165) is 12.1 Å². The first kappa shape index (κ1) is 16.1. The van der Waals surface area contributed by atoms with Crippen molar-refractivity contribution < 1.29 is 9.90 Å². The molecule has 5 heteroatoms. The summed E-state index contributed by atoms with van der Waals surface area (Å²) in [5.41, 5.74) is 2.36. The van der Waals surface area contributed by atoms with Gasteiger partial charge in [-0.05, 0) is 36.2 Å². The van der Waals surface area contributed by atoms with E-state index < -0.39 is 5.91 Å². The number of anilines is 2. The minimum absolute atomic E-state index is 0.0411. The zero-order chi connectivity index (χ0) is 16.7. The molecule has 0 aliphatic carbocycles. The van der Waals surface area contributed by atoms with Gasteiger partial charge in [0.1, 0.15) is 17.4 Å². The lowest BCUT2D eigenvalue weighted by atomic mass is 10.1.